The Balaban J connectivity index is 2.02. The van der Waals surface area contributed by atoms with Gasteiger partial charge in [0.25, 0.3) is 0 Å². The summed E-state index contributed by atoms with van der Waals surface area (Å²) < 4.78 is 1.07. The minimum Gasteiger partial charge on any atom is -0.355 e. The minimum atomic E-state index is -0.308. The lowest BCUT2D eigenvalue weighted by Gasteiger charge is -2.31. The molecule has 0 heterocycles. The van der Waals surface area contributed by atoms with Crippen LogP contribution in [0.2, 0.25) is 0 Å². The summed E-state index contributed by atoms with van der Waals surface area (Å²) in [6, 6.07) is 8.25. The molecule has 1 aliphatic carbocycles. The molecule has 1 aromatic carbocycles. The molecule has 0 saturated heterocycles. The molecular formula is C19H29BrN4O. The molecule has 0 spiro atoms. The van der Waals surface area contributed by atoms with E-state index in [1.807, 2.05) is 32.3 Å². The first kappa shape index (κ1) is 19.8. The molecule has 25 heavy (non-hydrogen) atoms. The third-order valence-corrected chi connectivity index (χ3v) is 5.69. The maximum absolute atomic E-state index is 12.7. The second-order valence-electron chi connectivity index (χ2n) is 7.00. The van der Waals surface area contributed by atoms with Gasteiger partial charge in [0.1, 0.15) is 0 Å². The number of nitrogens with zero attached hydrogens (tertiary/aromatic N) is 2. The first-order valence-corrected chi connectivity index (χ1v) is 9.62. The van der Waals surface area contributed by atoms with Crippen molar-refractivity contribution in [2.24, 2.45) is 10.4 Å². The Morgan fingerprint density at radius 1 is 1.32 bits per heavy atom. The van der Waals surface area contributed by atoms with Gasteiger partial charge in [0.15, 0.2) is 5.96 Å². The van der Waals surface area contributed by atoms with E-state index in [0.717, 1.165) is 36.1 Å². The quantitative estimate of drug-likeness (QED) is 0.580. The van der Waals surface area contributed by atoms with Crippen LogP contribution in [0.25, 0.3) is 0 Å². The first-order valence-electron chi connectivity index (χ1n) is 8.83. The van der Waals surface area contributed by atoms with Gasteiger partial charge in [-0.2, -0.15) is 0 Å². The van der Waals surface area contributed by atoms with Gasteiger partial charge in [-0.15, -0.1) is 0 Å². The lowest BCUT2D eigenvalue weighted by Crippen LogP contribution is -2.49. The summed E-state index contributed by atoms with van der Waals surface area (Å²) in [5.41, 5.74) is 0.864. The number of carbonyl (C=O) groups excluding carboxylic acids is 1. The van der Waals surface area contributed by atoms with E-state index in [1.165, 1.54) is 5.56 Å². The SMILES string of the molecule is CN=C(NCC1(C(=O)N(C)C)CCCC1)NC(C)c1ccccc1Br. The van der Waals surface area contributed by atoms with Crippen molar-refractivity contribution in [3.8, 4) is 0 Å². The highest BCUT2D eigenvalue weighted by Crippen LogP contribution is 2.38. The zero-order valence-electron chi connectivity index (χ0n) is 15.6. The molecule has 5 nitrogen and oxygen atoms in total. The van der Waals surface area contributed by atoms with Gasteiger partial charge in [-0.1, -0.05) is 47.0 Å². The Bertz CT molecular complexity index is 624. The zero-order valence-corrected chi connectivity index (χ0v) is 17.2. The van der Waals surface area contributed by atoms with Crippen LogP contribution in [0.1, 0.15) is 44.2 Å². The average molecular weight is 409 g/mol. The number of carbonyl (C=O) groups is 1. The van der Waals surface area contributed by atoms with Crippen LogP contribution in [0.3, 0.4) is 0 Å². The van der Waals surface area contributed by atoms with E-state index >= 15 is 0 Å². The van der Waals surface area contributed by atoms with Gasteiger partial charge in [-0.3, -0.25) is 9.79 Å². The van der Waals surface area contributed by atoms with E-state index in [2.05, 4.69) is 44.5 Å². The highest BCUT2D eigenvalue weighted by Gasteiger charge is 2.42. The van der Waals surface area contributed by atoms with Crippen LogP contribution >= 0.6 is 15.9 Å². The third kappa shape index (κ3) is 4.75. The fourth-order valence-corrected chi connectivity index (χ4v) is 4.18. The number of guanidine groups is 1. The van der Waals surface area contributed by atoms with Crippen LogP contribution in [0.15, 0.2) is 33.7 Å². The predicted molar refractivity (Wildman–Crippen MR) is 107 cm³/mol. The Kier molecular flexibility index (Phi) is 6.87. The summed E-state index contributed by atoms with van der Waals surface area (Å²) >= 11 is 3.59. The largest absolute Gasteiger partial charge is 0.355 e. The smallest absolute Gasteiger partial charge is 0.230 e. The van der Waals surface area contributed by atoms with Gasteiger partial charge >= 0.3 is 0 Å². The zero-order chi connectivity index (χ0) is 18.4. The molecule has 1 amide bonds. The Labute approximate surface area is 159 Å². The summed E-state index contributed by atoms with van der Waals surface area (Å²) in [7, 11) is 5.44. The van der Waals surface area contributed by atoms with E-state index in [9.17, 15) is 4.79 Å². The Morgan fingerprint density at radius 2 is 1.96 bits per heavy atom. The maximum atomic E-state index is 12.7. The lowest BCUT2D eigenvalue weighted by molar-refractivity contribution is -0.138. The number of rotatable bonds is 5. The summed E-state index contributed by atoms with van der Waals surface area (Å²) in [6.45, 7) is 2.72. The molecular weight excluding hydrogens is 380 g/mol. The molecule has 0 bridgehead atoms. The van der Waals surface area contributed by atoms with E-state index < -0.39 is 0 Å². The molecule has 2 N–H and O–H groups in total. The third-order valence-electron chi connectivity index (χ3n) is 4.96. The standard InChI is InChI=1S/C19H29BrN4O/c1-14(15-9-5-6-10-16(15)20)23-18(21-2)22-13-19(11-7-8-12-19)17(25)24(3)4/h5-6,9-10,14H,7-8,11-13H2,1-4H3,(H2,21,22,23). The van der Waals surface area contributed by atoms with Crippen molar-refractivity contribution in [2.45, 2.75) is 38.6 Å². The Hall–Kier alpha value is -1.56. The minimum absolute atomic E-state index is 0.103. The molecule has 6 heteroatoms. The molecule has 1 aromatic rings. The average Bonchev–Trinajstić information content (AvgIpc) is 3.08. The van der Waals surface area contributed by atoms with Gasteiger partial charge in [0, 0.05) is 32.2 Å². The van der Waals surface area contributed by atoms with Gasteiger partial charge in [0.05, 0.1) is 11.5 Å². The molecule has 1 atom stereocenters. The Morgan fingerprint density at radius 3 is 2.52 bits per heavy atom. The van der Waals surface area contributed by atoms with Crippen LogP contribution in [-0.2, 0) is 4.79 Å². The second-order valence-corrected chi connectivity index (χ2v) is 7.85. The van der Waals surface area contributed by atoms with Crippen LogP contribution < -0.4 is 10.6 Å². The fraction of sp³-hybridized carbons (Fsp3) is 0.579. The monoisotopic (exact) mass is 408 g/mol. The molecule has 1 unspecified atom stereocenters. The fourth-order valence-electron chi connectivity index (χ4n) is 3.55. The summed E-state index contributed by atoms with van der Waals surface area (Å²) in [6.07, 6.45) is 4.10. The van der Waals surface area contributed by atoms with Crippen molar-refractivity contribution in [2.75, 3.05) is 27.7 Å². The van der Waals surface area contributed by atoms with Gasteiger partial charge < -0.3 is 15.5 Å². The van der Waals surface area contributed by atoms with Gasteiger partial charge in [-0.25, -0.2) is 0 Å². The second kappa shape index (κ2) is 8.70. The first-order chi connectivity index (χ1) is 11.9. The highest BCUT2D eigenvalue weighted by atomic mass is 79.9. The van der Waals surface area contributed by atoms with E-state index in [0.29, 0.717) is 6.54 Å². The van der Waals surface area contributed by atoms with Crippen LogP contribution in [0, 0.1) is 5.41 Å². The number of hydrogen-bond acceptors (Lipinski definition) is 2. The van der Waals surface area contributed by atoms with E-state index in [1.54, 1.807) is 11.9 Å². The molecule has 1 saturated carbocycles. The van der Waals surface area contributed by atoms with Crippen LogP contribution in [0.5, 0.6) is 0 Å². The summed E-state index contributed by atoms with van der Waals surface area (Å²) in [4.78, 5) is 18.7. The number of halogens is 1. The van der Waals surface area contributed by atoms with E-state index in [4.69, 9.17) is 0 Å². The molecule has 1 fully saturated rings. The normalized spacial score (nSPS) is 17.9. The van der Waals surface area contributed by atoms with Crippen molar-refractivity contribution < 1.29 is 4.79 Å². The number of aliphatic imine (C=N–C) groups is 1. The molecule has 138 valence electrons. The summed E-state index contributed by atoms with van der Waals surface area (Å²) in [5.74, 6) is 0.938. The van der Waals surface area contributed by atoms with E-state index in [-0.39, 0.29) is 17.4 Å². The molecule has 2 rings (SSSR count). The number of hydrogen-bond donors (Lipinski definition) is 2. The number of nitrogens with one attached hydrogen (secondary N) is 2. The van der Waals surface area contributed by atoms with Crippen LogP contribution in [0.4, 0.5) is 0 Å². The van der Waals surface area contributed by atoms with Crippen molar-refractivity contribution in [3.63, 3.8) is 0 Å². The lowest BCUT2D eigenvalue weighted by atomic mass is 9.84. The topological polar surface area (TPSA) is 56.7 Å². The number of amides is 1. The van der Waals surface area contributed by atoms with Crippen molar-refractivity contribution in [1.29, 1.82) is 0 Å². The van der Waals surface area contributed by atoms with Crippen molar-refractivity contribution >= 4 is 27.8 Å². The van der Waals surface area contributed by atoms with Gasteiger partial charge in [0.2, 0.25) is 5.91 Å². The van der Waals surface area contributed by atoms with Crippen LogP contribution in [-0.4, -0.2) is 44.5 Å². The maximum Gasteiger partial charge on any atom is 0.230 e. The molecule has 0 radical (unpaired) electrons. The summed E-state index contributed by atoms with van der Waals surface area (Å²) in [5, 5.41) is 6.80. The predicted octanol–water partition coefficient (Wildman–Crippen LogP) is 3.32. The van der Waals surface area contributed by atoms with Crippen molar-refractivity contribution in [1.82, 2.24) is 15.5 Å². The van der Waals surface area contributed by atoms with Crippen molar-refractivity contribution in [3.05, 3.63) is 34.3 Å². The molecule has 0 aromatic heterocycles. The van der Waals surface area contributed by atoms with Gasteiger partial charge in [-0.05, 0) is 31.4 Å². The molecule has 1 aliphatic rings. The molecule has 0 aliphatic heterocycles. The highest BCUT2D eigenvalue weighted by molar-refractivity contribution is 9.10. The number of benzene rings is 1.